The summed E-state index contributed by atoms with van der Waals surface area (Å²) in [4.78, 5) is 12.5. The van der Waals surface area contributed by atoms with Crippen LogP contribution in [0.3, 0.4) is 0 Å². The topological polar surface area (TPSA) is 60.4 Å². The second kappa shape index (κ2) is 8.35. The van der Waals surface area contributed by atoms with Crippen LogP contribution in [0.2, 0.25) is 0 Å². The Balaban J connectivity index is 1.70. The van der Waals surface area contributed by atoms with Crippen molar-refractivity contribution in [2.75, 3.05) is 0 Å². The van der Waals surface area contributed by atoms with E-state index in [0.717, 1.165) is 5.56 Å². The van der Waals surface area contributed by atoms with Gasteiger partial charge < -0.3 is 4.74 Å². The minimum Gasteiger partial charge on any atom is -0.457 e. The second-order valence-corrected chi connectivity index (χ2v) is 8.46. The minimum absolute atomic E-state index is 0.00497. The van der Waals surface area contributed by atoms with Gasteiger partial charge in [0.15, 0.2) is 9.84 Å². The number of benzene rings is 3. The maximum Gasteiger partial charge on any atom is 0.338 e. The molecule has 4 nitrogen and oxygen atoms in total. The van der Waals surface area contributed by atoms with Gasteiger partial charge in [-0.05, 0) is 54.4 Å². The maximum absolute atomic E-state index is 12.9. The molecule has 6 heteroatoms. The molecule has 3 aromatic rings. The summed E-state index contributed by atoms with van der Waals surface area (Å²) < 4.78 is 43.3. The van der Waals surface area contributed by atoms with Gasteiger partial charge in [0.1, 0.15) is 12.4 Å². The Kier molecular flexibility index (Phi) is 5.90. The molecule has 0 bridgehead atoms. The highest BCUT2D eigenvalue weighted by molar-refractivity contribution is 7.90. The van der Waals surface area contributed by atoms with Crippen molar-refractivity contribution in [3.8, 4) is 0 Å². The summed E-state index contributed by atoms with van der Waals surface area (Å²) in [5.41, 5.74) is 2.40. The fourth-order valence-electron chi connectivity index (χ4n) is 2.65. The summed E-state index contributed by atoms with van der Waals surface area (Å²) in [6.07, 6.45) is 0. The van der Waals surface area contributed by atoms with Gasteiger partial charge in [-0.3, -0.25) is 0 Å². The van der Waals surface area contributed by atoms with E-state index in [2.05, 4.69) is 0 Å². The second-order valence-electron chi connectivity index (χ2n) is 6.48. The number of carbonyl (C=O) groups is 1. The summed E-state index contributed by atoms with van der Waals surface area (Å²) in [6, 6.07) is 18.6. The first-order valence-electron chi connectivity index (χ1n) is 8.63. The summed E-state index contributed by atoms with van der Waals surface area (Å²) >= 11 is 0. The first kappa shape index (κ1) is 19.8. The predicted molar refractivity (Wildman–Crippen MR) is 104 cm³/mol. The number of rotatable bonds is 6. The fourth-order valence-corrected chi connectivity index (χ4v) is 3.99. The molecule has 0 N–H and O–H groups in total. The highest BCUT2D eigenvalue weighted by Crippen LogP contribution is 2.18. The lowest BCUT2D eigenvalue weighted by Crippen LogP contribution is -2.08. The highest BCUT2D eigenvalue weighted by atomic mass is 32.2. The number of halogens is 1. The Morgan fingerprint density at radius 2 is 1.61 bits per heavy atom. The Bertz CT molecular complexity index is 1070. The number of aryl methyl sites for hydroxylation is 1. The van der Waals surface area contributed by atoms with Gasteiger partial charge >= 0.3 is 5.97 Å². The molecule has 0 heterocycles. The number of hydrogen-bond acceptors (Lipinski definition) is 4. The minimum atomic E-state index is -3.52. The van der Waals surface area contributed by atoms with Crippen LogP contribution in [0.15, 0.2) is 77.7 Å². The molecule has 0 radical (unpaired) electrons. The lowest BCUT2D eigenvalue weighted by Gasteiger charge is -2.08. The van der Waals surface area contributed by atoms with Crippen LogP contribution in [0.5, 0.6) is 0 Å². The zero-order chi connectivity index (χ0) is 20.1. The molecule has 0 saturated carbocycles. The van der Waals surface area contributed by atoms with Gasteiger partial charge in [-0.15, -0.1) is 0 Å². The first-order valence-corrected chi connectivity index (χ1v) is 10.3. The molecular weight excluding hydrogens is 379 g/mol. The molecule has 0 amide bonds. The van der Waals surface area contributed by atoms with Gasteiger partial charge in [0.2, 0.25) is 0 Å². The molecule has 28 heavy (non-hydrogen) atoms. The molecule has 0 spiro atoms. The van der Waals surface area contributed by atoms with Gasteiger partial charge in [0, 0.05) is 0 Å². The van der Waals surface area contributed by atoms with Crippen LogP contribution in [0, 0.1) is 12.7 Å². The van der Waals surface area contributed by atoms with Crippen molar-refractivity contribution >= 4 is 15.8 Å². The van der Waals surface area contributed by atoms with Crippen LogP contribution in [-0.2, 0) is 26.9 Å². The number of sulfone groups is 1. The van der Waals surface area contributed by atoms with E-state index in [9.17, 15) is 17.6 Å². The average molecular weight is 398 g/mol. The molecular formula is C22H19FO4S. The van der Waals surface area contributed by atoms with E-state index in [1.807, 2.05) is 6.92 Å². The molecule has 0 unspecified atom stereocenters. The predicted octanol–water partition coefficient (Wildman–Crippen LogP) is 4.47. The average Bonchev–Trinajstić information content (AvgIpc) is 2.67. The molecule has 0 atom stereocenters. The Labute approximate surface area is 163 Å². The zero-order valence-corrected chi connectivity index (χ0v) is 16.1. The van der Waals surface area contributed by atoms with Crippen LogP contribution in [0.1, 0.15) is 27.0 Å². The van der Waals surface area contributed by atoms with Gasteiger partial charge in [-0.1, -0.05) is 42.0 Å². The Morgan fingerprint density at radius 3 is 2.29 bits per heavy atom. The first-order chi connectivity index (χ1) is 13.3. The van der Waals surface area contributed by atoms with Crippen molar-refractivity contribution in [3.63, 3.8) is 0 Å². The van der Waals surface area contributed by atoms with Crippen molar-refractivity contribution in [2.24, 2.45) is 0 Å². The van der Waals surface area contributed by atoms with E-state index in [1.54, 1.807) is 42.5 Å². The quantitative estimate of drug-likeness (QED) is 0.575. The standard InChI is InChI=1S/C22H19FO4S/c1-16-5-11-21(12-6-16)28(25,26)15-18-3-2-4-19(13-18)22(24)27-14-17-7-9-20(23)10-8-17/h2-13H,14-15H2,1H3. The van der Waals surface area contributed by atoms with Crippen LogP contribution < -0.4 is 0 Å². The summed E-state index contributed by atoms with van der Waals surface area (Å²) in [7, 11) is -3.52. The molecule has 0 saturated heterocycles. The zero-order valence-electron chi connectivity index (χ0n) is 15.3. The van der Waals surface area contributed by atoms with Crippen LogP contribution in [0.25, 0.3) is 0 Å². The third kappa shape index (κ3) is 5.04. The molecule has 0 aliphatic carbocycles. The van der Waals surface area contributed by atoms with E-state index in [-0.39, 0.29) is 28.6 Å². The van der Waals surface area contributed by atoms with Gasteiger partial charge in [-0.2, -0.15) is 0 Å². The lowest BCUT2D eigenvalue weighted by molar-refractivity contribution is 0.0472. The highest BCUT2D eigenvalue weighted by Gasteiger charge is 2.16. The number of ether oxygens (including phenoxy) is 1. The van der Waals surface area contributed by atoms with Crippen molar-refractivity contribution < 1.29 is 22.3 Å². The third-order valence-electron chi connectivity index (χ3n) is 4.18. The van der Waals surface area contributed by atoms with Crippen molar-refractivity contribution in [2.45, 2.75) is 24.2 Å². The van der Waals surface area contributed by atoms with Crippen LogP contribution >= 0.6 is 0 Å². The monoisotopic (exact) mass is 398 g/mol. The molecule has 3 rings (SSSR count). The normalized spacial score (nSPS) is 11.2. The lowest BCUT2D eigenvalue weighted by atomic mass is 10.1. The summed E-state index contributed by atoms with van der Waals surface area (Å²) in [5.74, 6) is -1.15. The Morgan fingerprint density at radius 1 is 0.929 bits per heavy atom. The van der Waals surface area contributed by atoms with Crippen molar-refractivity contribution in [1.82, 2.24) is 0 Å². The van der Waals surface area contributed by atoms with E-state index < -0.39 is 15.8 Å². The van der Waals surface area contributed by atoms with E-state index >= 15 is 0 Å². The maximum atomic E-state index is 12.9. The van der Waals surface area contributed by atoms with E-state index in [4.69, 9.17) is 4.74 Å². The molecule has 144 valence electrons. The van der Waals surface area contributed by atoms with Gasteiger partial charge in [0.05, 0.1) is 16.2 Å². The molecule has 0 aliphatic rings. The molecule has 0 aliphatic heterocycles. The summed E-state index contributed by atoms with van der Waals surface area (Å²) in [6.45, 7) is 1.89. The molecule has 3 aromatic carbocycles. The summed E-state index contributed by atoms with van der Waals surface area (Å²) in [5, 5.41) is 0. The van der Waals surface area contributed by atoms with Gasteiger partial charge in [-0.25, -0.2) is 17.6 Å². The van der Waals surface area contributed by atoms with E-state index in [0.29, 0.717) is 11.1 Å². The largest absolute Gasteiger partial charge is 0.457 e. The molecule has 0 aromatic heterocycles. The smallest absolute Gasteiger partial charge is 0.338 e. The van der Waals surface area contributed by atoms with Gasteiger partial charge in [0.25, 0.3) is 0 Å². The molecule has 0 fully saturated rings. The van der Waals surface area contributed by atoms with E-state index in [1.165, 1.54) is 30.3 Å². The third-order valence-corrected chi connectivity index (χ3v) is 5.89. The van der Waals surface area contributed by atoms with Crippen LogP contribution in [-0.4, -0.2) is 14.4 Å². The van der Waals surface area contributed by atoms with Crippen molar-refractivity contribution in [3.05, 3.63) is 101 Å². The number of carbonyl (C=O) groups excluding carboxylic acids is 1. The number of esters is 1. The van der Waals surface area contributed by atoms with Crippen molar-refractivity contribution in [1.29, 1.82) is 0 Å². The number of hydrogen-bond donors (Lipinski definition) is 0. The van der Waals surface area contributed by atoms with Crippen LogP contribution in [0.4, 0.5) is 4.39 Å². The SMILES string of the molecule is Cc1ccc(S(=O)(=O)Cc2cccc(C(=O)OCc3ccc(F)cc3)c2)cc1. The Hall–Kier alpha value is -2.99. The fraction of sp³-hybridized carbons (Fsp3) is 0.136.